The standard InChI is InChI=1S/C17H25N3O/c1-3-19(4-2)11-12-20-15-9-6-5-8-14(15)18-17(20)16-10-7-13-21-16/h5-6,8-9,16H,3-4,7,10-13H2,1-2H3. The van der Waals surface area contributed by atoms with Crippen LogP contribution in [0.3, 0.4) is 0 Å². The predicted molar refractivity (Wildman–Crippen MR) is 85.4 cm³/mol. The maximum atomic E-state index is 5.87. The lowest BCUT2D eigenvalue weighted by Gasteiger charge is -2.20. The van der Waals surface area contributed by atoms with Gasteiger partial charge in [0.15, 0.2) is 0 Å². The highest BCUT2D eigenvalue weighted by Crippen LogP contribution is 2.30. The molecular weight excluding hydrogens is 262 g/mol. The number of benzene rings is 1. The van der Waals surface area contributed by atoms with Crippen molar-refractivity contribution in [1.82, 2.24) is 14.5 Å². The van der Waals surface area contributed by atoms with E-state index < -0.39 is 0 Å². The van der Waals surface area contributed by atoms with Crippen LogP contribution in [-0.4, -0.2) is 40.7 Å². The Labute approximate surface area is 126 Å². The van der Waals surface area contributed by atoms with Crippen molar-refractivity contribution in [2.45, 2.75) is 39.3 Å². The van der Waals surface area contributed by atoms with Crippen molar-refractivity contribution >= 4 is 11.0 Å². The Morgan fingerprint density at radius 1 is 1.29 bits per heavy atom. The number of para-hydroxylation sites is 2. The van der Waals surface area contributed by atoms with Gasteiger partial charge >= 0.3 is 0 Å². The van der Waals surface area contributed by atoms with Crippen LogP contribution in [0.5, 0.6) is 0 Å². The number of likely N-dealkylation sites (N-methyl/N-ethyl adjacent to an activating group) is 1. The molecule has 1 aromatic heterocycles. The summed E-state index contributed by atoms with van der Waals surface area (Å²) in [5, 5.41) is 0. The Morgan fingerprint density at radius 2 is 2.10 bits per heavy atom. The van der Waals surface area contributed by atoms with E-state index in [2.05, 4.69) is 47.6 Å². The van der Waals surface area contributed by atoms with E-state index in [0.717, 1.165) is 57.0 Å². The molecule has 1 fully saturated rings. The second kappa shape index (κ2) is 6.58. The first-order chi connectivity index (χ1) is 10.3. The molecule has 2 aromatic rings. The third kappa shape index (κ3) is 2.97. The summed E-state index contributed by atoms with van der Waals surface area (Å²) in [4.78, 5) is 7.30. The zero-order chi connectivity index (χ0) is 14.7. The van der Waals surface area contributed by atoms with Gasteiger partial charge in [-0.3, -0.25) is 0 Å². The average molecular weight is 287 g/mol. The fourth-order valence-corrected chi connectivity index (χ4v) is 3.14. The second-order valence-electron chi connectivity index (χ2n) is 5.64. The van der Waals surface area contributed by atoms with Crippen LogP contribution in [0.2, 0.25) is 0 Å². The summed E-state index contributed by atoms with van der Waals surface area (Å²) in [5.74, 6) is 1.11. The van der Waals surface area contributed by atoms with Crippen molar-refractivity contribution in [2.24, 2.45) is 0 Å². The van der Waals surface area contributed by atoms with Crippen LogP contribution in [0.1, 0.15) is 38.6 Å². The number of imidazole rings is 1. The molecule has 114 valence electrons. The van der Waals surface area contributed by atoms with Crippen molar-refractivity contribution in [3.05, 3.63) is 30.1 Å². The Hall–Kier alpha value is -1.39. The molecule has 3 rings (SSSR count). The van der Waals surface area contributed by atoms with Crippen LogP contribution in [0, 0.1) is 0 Å². The fourth-order valence-electron chi connectivity index (χ4n) is 3.14. The zero-order valence-corrected chi connectivity index (χ0v) is 13.1. The molecule has 1 aliphatic rings. The molecule has 0 aliphatic carbocycles. The molecule has 0 radical (unpaired) electrons. The molecule has 0 spiro atoms. The van der Waals surface area contributed by atoms with Gasteiger partial charge in [-0.05, 0) is 38.1 Å². The van der Waals surface area contributed by atoms with E-state index in [1.807, 2.05) is 0 Å². The van der Waals surface area contributed by atoms with Crippen molar-refractivity contribution in [3.63, 3.8) is 0 Å². The number of hydrogen-bond acceptors (Lipinski definition) is 3. The SMILES string of the molecule is CCN(CC)CCn1c(C2CCCO2)nc2ccccc21. The van der Waals surface area contributed by atoms with E-state index in [1.54, 1.807) is 0 Å². The zero-order valence-electron chi connectivity index (χ0n) is 13.1. The van der Waals surface area contributed by atoms with Crippen molar-refractivity contribution in [1.29, 1.82) is 0 Å². The summed E-state index contributed by atoms with van der Waals surface area (Å²) >= 11 is 0. The number of nitrogens with zero attached hydrogens (tertiary/aromatic N) is 3. The number of hydrogen-bond donors (Lipinski definition) is 0. The fraction of sp³-hybridized carbons (Fsp3) is 0.588. The first-order valence-corrected chi connectivity index (χ1v) is 8.12. The van der Waals surface area contributed by atoms with Crippen molar-refractivity contribution in [2.75, 3.05) is 26.2 Å². The molecule has 0 saturated carbocycles. The van der Waals surface area contributed by atoms with Crippen molar-refractivity contribution in [3.8, 4) is 0 Å². The average Bonchev–Trinajstić information content (AvgIpc) is 3.15. The van der Waals surface area contributed by atoms with Crippen LogP contribution in [0.4, 0.5) is 0 Å². The Morgan fingerprint density at radius 3 is 2.81 bits per heavy atom. The van der Waals surface area contributed by atoms with Crippen LogP contribution >= 0.6 is 0 Å². The van der Waals surface area contributed by atoms with E-state index in [0.29, 0.717) is 0 Å². The first-order valence-electron chi connectivity index (χ1n) is 8.12. The summed E-state index contributed by atoms with van der Waals surface area (Å²) in [7, 11) is 0. The number of fused-ring (bicyclic) bond motifs is 1. The Bertz CT molecular complexity index is 583. The normalized spacial score (nSPS) is 18.9. The minimum absolute atomic E-state index is 0.175. The summed E-state index contributed by atoms with van der Waals surface area (Å²) < 4.78 is 8.24. The van der Waals surface area contributed by atoms with E-state index in [1.165, 1.54) is 5.52 Å². The monoisotopic (exact) mass is 287 g/mol. The molecule has 4 heteroatoms. The molecule has 1 unspecified atom stereocenters. The van der Waals surface area contributed by atoms with Gasteiger partial charge in [-0.1, -0.05) is 26.0 Å². The molecule has 1 atom stereocenters. The van der Waals surface area contributed by atoms with E-state index in [-0.39, 0.29) is 6.10 Å². The van der Waals surface area contributed by atoms with Gasteiger partial charge in [-0.15, -0.1) is 0 Å². The maximum Gasteiger partial charge on any atom is 0.139 e. The number of ether oxygens (including phenoxy) is 1. The molecule has 0 N–H and O–H groups in total. The van der Waals surface area contributed by atoms with E-state index in [4.69, 9.17) is 9.72 Å². The highest BCUT2D eigenvalue weighted by Gasteiger charge is 2.24. The Kier molecular flexibility index (Phi) is 4.56. The molecule has 4 nitrogen and oxygen atoms in total. The molecule has 0 bridgehead atoms. The summed E-state index contributed by atoms with van der Waals surface area (Å²) in [6, 6.07) is 8.42. The van der Waals surface area contributed by atoms with E-state index >= 15 is 0 Å². The third-order valence-corrected chi connectivity index (χ3v) is 4.44. The minimum atomic E-state index is 0.175. The van der Waals surface area contributed by atoms with Gasteiger partial charge < -0.3 is 14.2 Å². The van der Waals surface area contributed by atoms with Gasteiger partial charge in [-0.25, -0.2) is 4.98 Å². The molecule has 0 amide bonds. The molecule has 1 aromatic carbocycles. The van der Waals surface area contributed by atoms with Gasteiger partial charge in [0, 0.05) is 19.7 Å². The maximum absolute atomic E-state index is 5.87. The van der Waals surface area contributed by atoms with Crippen LogP contribution in [0.25, 0.3) is 11.0 Å². The van der Waals surface area contributed by atoms with Gasteiger partial charge in [-0.2, -0.15) is 0 Å². The smallest absolute Gasteiger partial charge is 0.139 e. The van der Waals surface area contributed by atoms with Crippen molar-refractivity contribution < 1.29 is 4.74 Å². The highest BCUT2D eigenvalue weighted by atomic mass is 16.5. The first kappa shape index (κ1) is 14.5. The number of rotatable bonds is 6. The molecule has 1 saturated heterocycles. The van der Waals surface area contributed by atoms with Gasteiger partial charge in [0.2, 0.25) is 0 Å². The molecular formula is C17H25N3O. The third-order valence-electron chi connectivity index (χ3n) is 4.44. The van der Waals surface area contributed by atoms with Crippen LogP contribution < -0.4 is 0 Å². The lowest BCUT2D eigenvalue weighted by atomic mass is 10.2. The number of aromatic nitrogens is 2. The summed E-state index contributed by atoms with van der Waals surface area (Å²) in [6.45, 7) is 9.54. The van der Waals surface area contributed by atoms with Crippen LogP contribution in [0.15, 0.2) is 24.3 Å². The highest BCUT2D eigenvalue weighted by molar-refractivity contribution is 5.76. The quantitative estimate of drug-likeness (QED) is 0.817. The van der Waals surface area contributed by atoms with Gasteiger partial charge in [0.25, 0.3) is 0 Å². The minimum Gasteiger partial charge on any atom is -0.370 e. The van der Waals surface area contributed by atoms with Crippen LogP contribution in [-0.2, 0) is 11.3 Å². The molecule has 1 aliphatic heterocycles. The van der Waals surface area contributed by atoms with E-state index in [9.17, 15) is 0 Å². The predicted octanol–water partition coefficient (Wildman–Crippen LogP) is 3.23. The summed E-state index contributed by atoms with van der Waals surface area (Å²) in [6.07, 6.45) is 2.41. The summed E-state index contributed by atoms with van der Waals surface area (Å²) in [5.41, 5.74) is 2.32. The largest absolute Gasteiger partial charge is 0.370 e. The lowest BCUT2D eigenvalue weighted by molar-refractivity contribution is 0.102. The van der Waals surface area contributed by atoms with Gasteiger partial charge in [0.05, 0.1) is 11.0 Å². The molecule has 2 heterocycles. The van der Waals surface area contributed by atoms with Gasteiger partial charge in [0.1, 0.15) is 11.9 Å². The lowest BCUT2D eigenvalue weighted by Crippen LogP contribution is -2.27. The molecule has 21 heavy (non-hydrogen) atoms. The Balaban J connectivity index is 1.91. The topological polar surface area (TPSA) is 30.3 Å². The second-order valence-corrected chi connectivity index (χ2v) is 5.64.